The molecule has 0 saturated heterocycles. The standard InChI is InChI=1S/C13H10FN7/c1-16-13-19-11(8-6-17-21-12(8)20-13)18-10-4-2-3-9(14)7(10)5-15/h2-4,6H,1H3,(H3,16,17,18,19,20,21). The van der Waals surface area contributed by atoms with Crippen LogP contribution in [0.1, 0.15) is 5.56 Å². The molecule has 0 saturated carbocycles. The second kappa shape index (κ2) is 5.05. The molecule has 0 atom stereocenters. The van der Waals surface area contributed by atoms with Gasteiger partial charge in [0.15, 0.2) is 5.65 Å². The highest BCUT2D eigenvalue weighted by atomic mass is 19.1. The Balaban J connectivity index is 2.12. The Bertz CT molecular complexity index is 849. The first-order chi connectivity index (χ1) is 10.2. The number of anilines is 3. The van der Waals surface area contributed by atoms with Gasteiger partial charge in [-0.1, -0.05) is 6.07 Å². The average Bonchev–Trinajstić information content (AvgIpc) is 2.96. The minimum absolute atomic E-state index is 0.0706. The van der Waals surface area contributed by atoms with Gasteiger partial charge in [0.25, 0.3) is 0 Å². The van der Waals surface area contributed by atoms with E-state index in [0.717, 1.165) is 0 Å². The van der Waals surface area contributed by atoms with E-state index >= 15 is 0 Å². The number of hydrogen-bond donors (Lipinski definition) is 3. The summed E-state index contributed by atoms with van der Waals surface area (Å²) in [4.78, 5) is 8.46. The summed E-state index contributed by atoms with van der Waals surface area (Å²) in [6.45, 7) is 0. The van der Waals surface area contributed by atoms with Crippen LogP contribution in [0.5, 0.6) is 0 Å². The molecule has 3 aromatic rings. The number of H-pyrrole nitrogens is 1. The Labute approximate surface area is 118 Å². The van der Waals surface area contributed by atoms with Crippen molar-refractivity contribution in [3.8, 4) is 6.07 Å². The van der Waals surface area contributed by atoms with Gasteiger partial charge >= 0.3 is 0 Å². The van der Waals surface area contributed by atoms with Crippen LogP contribution in [-0.2, 0) is 0 Å². The van der Waals surface area contributed by atoms with E-state index in [1.807, 2.05) is 6.07 Å². The molecule has 0 radical (unpaired) electrons. The molecule has 3 rings (SSSR count). The lowest BCUT2D eigenvalue weighted by Gasteiger charge is -2.09. The monoisotopic (exact) mass is 283 g/mol. The van der Waals surface area contributed by atoms with E-state index in [4.69, 9.17) is 5.26 Å². The lowest BCUT2D eigenvalue weighted by Crippen LogP contribution is -2.03. The second-order valence-corrected chi connectivity index (χ2v) is 4.18. The van der Waals surface area contributed by atoms with Gasteiger partial charge in [0, 0.05) is 7.05 Å². The topological polar surface area (TPSA) is 102 Å². The van der Waals surface area contributed by atoms with Gasteiger partial charge in [-0.2, -0.15) is 20.3 Å². The first-order valence-corrected chi connectivity index (χ1v) is 6.07. The number of hydrogen-bond acceptors (Lipinski definition) is 6. The summed E-state index contributed by atoms with van der Waals surface area (Å²) in [6.07, 6.45) is 1.56. The minimum Gasteiger partial charge on any atom is -0.357 e. The van der Waals surface area contributed by atoms with E-state index in [2.05, 4.69) is 30.8 Å². The number of aromatic nitrogens is 4. The van der Waals surface area contributed by atoms with Crippen molar-refractivity contribution in [3.63, 3.8) is 0 Å². The zero-order chi connectivity index (χ0) is 14.8. The van der Waals surface area contributed by atoms with Gasteiger partial charge in [0.2, 0.25) is 5.95 Å². The van der Waals surface area contributed by atoms with E-state index in [0.29, 0.717) is 28.5 Å². The van der Waals surface area contributed by atoms with Crippen molar-refractivity contribution in [2.75, 3.05) is 17.7 Å². The Morgan fingerprint density at radius 3 is 2.95 bits per heavy atom. The third-order valence-corrected chi connectivity index (χ3v) is 2.91. The predicted octanol–water partition coefficient (Wildman–Crippen LogP) is 2.15. The lowest BCUT2D eigenvalue weighted by atomic mass is 10.2. The van der Waals surface area contributed by atoms with Crippen LogP contribution in [-0.4, -0.2) is 27.2 Å². The number of halogens is 1. The van der Waals surface area contributed by atoms with Crippen LogP contribution in [0.25, 0.3) is 11.0 Å². The van der Waals surface area contributed by atoms with Crippen LogP contribution in [0.3, 0.4) is 0 Å². The highest BCUT2D eigenvalue weighted by molar-refractivity contribution is 5.89. The number of benzene rings is 1. The van der Waals surface area contributed by atoms with Gasteiger partial charge in [-0.25, -0.2) is 4.39 Å². The highest BCUT2D eigenvalue weighted by Gasteiger charge is 2.13. The summed E-state index contributed by atoms with van der Waals surface area (Å²) in [5.74, 6) is 0.221. The third kappa shape index (κ3) is 2.21. The van der Waals surface area contributed by atoms with E-state index < -0.39 is 5.82 Å². The number of fused-ring (bicyclic) bond motifs is 1. The molecule has 0 aliphatic rings. The first kappa shape index (κ1) is 12.8. The molecular weight excluding hydrogens is 273 g/mol. The van der Waals surface area contributed by atoms with Crippen molar-refractivity contribution in [1.29, 1.82) is 5.26 Å². The van der Waals surface area contributed by atoms with Gasteiger partial charge in [-0.3, -0.25) is 5.10 Å². The van der Waals surface area contributed by atoms with Crippen molar-refractivity contribution in [2.45, 2.75) is 0 Å². The molecule has 0 aliphatic heterocycles. The fourth-order valence-electron chi connectivity index (χ4n) is 1.91. The normalized spacial score (nSPS) is 10.3. The van der Waals surface area contributed by atoms with E-state index in [1.165, 1.54) is 12.1 Å². The molecule has 21 heavy (non-hydrogen) atoms. The lowest BCUT2D eigenvalue weighted by molar-refractivity contribution is 0.624. The Morgan fingerprint density at radius 1 is 1.33 bits per heavy atom. The van der Waals surface area contributed by atoms with Gasteiger partial charge in [-0.15, -0.1) is 0 Å². The number of rotatable bonds is 3. The molecular formula is C13H10FN7. The number of nitriles is 1. The van der Waals surface area contributed by atoms with Crippen molar-refractivity contribution in [3.05, 3.63) is 35.8 Å². The molecule has 0 unspecified atom stereocenters. The number of nitrogens with zero attached hydrogens (tertiary/aromatic N) is 4. The van der Waals surface area contributed by atoms with Crippen LogP contribution in [0.15, 0.2) is 24.4 Å². The first-order valence-electron chi connectivity index (χ1n) is 6.07. The maximum Gasteiger partial charge on any atom is 0.226 e. The molecule has 7 nitrogen and oxygen atoms in total. The Hall–Kier alpha value is -3.21. The molecule has 2 aromatic heterocycles. The number of aromatic amines is 1. The summed E-state index contributed by atoms with van der Waals surface area (Å²) in [5.41, 5.74) is 0.797. The average molecular weight is 283 g/mol. The van der Waals surface area contributed by atoms with Crippen LogP contribution >= 0.6 is 0 Å². The van der Waals surface area contributed by atoms with Gasteiger partial charge in [-0.05, 0) is 12.1 Å². The molecule has 1 aromatic carbocycles. The summed E-state index contributed by atoms with van der Waals surface area (Å²) in [7, 11) is 1.68. The molecule has 104 valence electrons. The van der Waals surface area contributed by atoms with Crippen LogP contribution < -0.4 is 10.6 Å². The van der Waals surface area contributed by atoms with Crippen molar-refractivity contribution >= 4 is 28.5 Å². The second-order valence-electron chi connectivity index (χ2n) is 4.18. The fourth-order valence-corrected chi connectivity index (χ4v) is 1.91. The van der Waals surface area contributed by atoms with Crippen LogP contribution in [0.4, 0.5) is 21.8 Å². The van der Waals surface area contributed by atoms with Crippen LogP contribution in [0, 0.1) is 17.1 Å². The van der Waals surface area contributed by atoms with Crippen LogP contribution in [0.2, 0.25) is 0 Å². The predicted molar refractivity (Wildman–Crippen MR) is 75.6 cm³/mol. The smallest absolute Gasteiger partial charge is 0.226 e. The highest BCUT2D eigenvalue weighted by Crippen LogP contribution is 2.26. The molecule has 0 aliphatic carbocycles. The summed E-state index contributed by atoms with van der Waals surface area (Å²) < 4.78 is 13.6. The van der Waals surface area contributed by atoms with E-state index in [9.17, 15) is 4.39 Å². The fraction of sp³-hybridized carbons (Fsp3) is 0.0769. The summed E-state index contributed by atoms with van der Waals surface area (Å²) in [6, 6.07) is 6.19. The van der Waals surface area contributed by atoms with Gasteiger partial charge < -0.3 is 10.6 Å². The van der Waals surface area contributed by atoms with E-state index in [1.54, 1.807) is 19.3 Å². The van der Waals surface area contributed by atoms with Gasteiger partial charge in [0.05, 0.1) is 17.3 Å². The summed E-state index contributed by atoms with van der Waals surface area (Å²) >= 11 is 0. The molecule has 0 fully saturated rings. The minimum atomic E-state index is -0.589. The quantitative estimate of drug-likeness (QED) is 0.680. The molecule has 0 amide bonds. The Morgan fingerprint density at radius 2 is 2.19 bits per heavy atom. The zero-order valence-electron chi connectivity index (χ0n) is 11.0. The molecule has 0 bridgehead atoms. The maximum atomic E-state index is 13.6. The van der Waals surface area contributed by atoms with E-state index in [-0.39, 0.29) is 5.56 Å². The Kier molecular flexibility index (Phi) is 3.08. The molecule has 3 N–H and O–H groups in total. The maximum absolute atomic E-state index is 13.6. The summed E-state index contributed by atoms with van der Waals surface area (Å²) in [5, 5.41) is 22.1. The largest absolute Gasteiger partial charge is 0.357 e. The van der Waals surface area contributed by atoms with Crippen molar-refractivity contribution in [2.24, 2.45) is 0 Å². The molecule has 2 heterocycles. The van der Waals surface area contributed by atoms with Crippen molar-refractivity contribution in [1.82, 2.24) is 20.2 Å². The molecule has 0 spiro atoms. The number of nitrogens with one attached hydrogen (secondary N) is 3. The third-order valence-electron chi connectivity index (χ3n) is 2.91. The SMILES string of the molecule is CNc1nc(Nc2cccc(F)c2C#N)c2cn[nH]c2n1. The zero-order valence-corrected chi connectivity index (χ0v) is 11.0. The van der Waals surface area contributed by atoms with Crippen molar-refractivity contribution < 1.29 is 4.39 Å². The van der Waals surface area contributed by atoms with Gasteiger partial charge in [0.1, 0.15) is 23.3 Å². The molecule has 8 heteroatoms.